The Hall–Kier alpha value is -2.21. The number of rotatable bonds is 3. The molecule has 0 aromatic heterocycles. The molecule has 1 aromatic rings. The number of nitrogens with zero attached hydrogens (tertiary/aromatic N) is 1. The fraction of sp³-hybridized carbons (Fsp3) is 0.308. The zero-order valence-corrected chi connectivity index (χ0v) is 10.5. The number of hydrogen-bond donors (Lipinski definition) is 1. The summed E-state index contributed by atoms with van der Waals surface area (Å²) in [7, 11) is 1.33. The lowest BCUT2D eigenvalue weighted by Crippen LogP contribution is -2.50. The van der Waals surface area contributed by atoms with Crippen molar-refractivity contribution in [1.29, 1.82) is 0 Å². The second kappa shape index (κ2) is 5.62. The standard InChI is InChI=1S/C13H14N2O4/c1-19-13(18)10-4-2-9(3-5-10)6-15-7-11(16)14-12(17)8-15/h2-5H,6-8H2,1H3,(H,14,16,17). The van der Waals surface area contributed by atoms with Crippen LogP contribution in [0.4, 0.5) is 0 Å². The number of piperazine rings is 1. The first-order chi connectivity index (χ1) is 9.08. The summed E-state index contributed by atoms with van der Waals surface area (Å²) in [6.07, 6.45) is 0. The number of esters is 1. The SMILES string of the molecule is COC(=O)c1ccc(CN2CC(=O)NC(=O)C2)cc1. The van der Waals surface area contributed by atoms with E-state index in [1.807, 2.05) is 0 Å². The molecule has 0 saturated carbocycles. The Morgan fingerprint density at radius 2 is 1.79 bits per heavy atom. The molecule has 0 radical (unpaired) electrons. The first kappa shape index (κ1) is 13.2. The fourth-order valence-electron chi connectivity index (χ4n) is 1.93. The van der Waals surface area contributed by atoms with Crippen LogP contribution in [0, 0.1) is 0 Å². The molecule has 2 rings (SSSR count). The Bertz CT molecular complexity index is 494. The van der Waals surface area contributed by atoms with E-state index in [0.29, 0.717) is 12.1 Å². The first-order valence-corrected chi connectivity index (χ1v) is 5.81. The maximum Gasteiger partial charge on any atom is 0.337 e. The van der Waals surface area contributed by atoms with E-state index in [0.717, 1.165) is 5.56 Å². The minimum absolute atomic E-state index is 0.199. The van der Waals surface area contributed by atoms with Gasteiger partial charge >= 0.3 is 5.97 Å². The molecule has 0 spiro atoms. The highest BCUT2D eigenvalue weighted by atomic mass is 16.5. The molecule has 100 valence electrons. The minimum Gasteiger partial charge on any atom is -0.465 e. The van der Waals surface area contributed by atoms with E-state index < -0.39 is 0 Å². The summed E-state index contributed by atoms with van der Waals surface area (Å²) >= 11 is 0. The lowest BCUT2D eigenvalue weighted by atomic mass is 10.1. The van der Waals surface area contributed by atoms with Crippen molar-refractivity contribution in [3.63, 3.8) is 0 Å². The van der Waals surface area contributed by atoms with Crippen LogP contribution in [0.1, 0.15) is 15.9 Å². The van der Waals surface area contributed by atoms with Gasteiger partial charge in [0.25, 0.3) is 0 Å². The maximum atomic E-state index is 11.3. The third-order valence-corrected chi connectivity index (χ3v) is 2.79. The Balaban J connectivity index is 2.01. The van der Waals surface area contributed by atoms with Crippen molar-refractivity contribution < 1.29 is 19.1 Å². The highest BCUT2D eigenvalue weighted by Gasteiger charge is 2.22. The highest BCUT2D eigenvalue weighted by molar-refractivity contribution is 5.99. The molecular weight excluding hydrogens is 248 g/mol. The predicted molar refractivity (Wildman–Crippen MR) is 66.2 cm³/mol. The lowest BCUT2D eigenvalue weighted by Gasteiger charge is -2.25. The molecule has 1 N–H and O–H groups in total. The summed E-state index contributed by atoms with van der Waals surface area (Å²) < 4.78 is 4.61. The quantitative estimate of drug-likeness (QED) is 0.609. The molecule has 6 nitrogen and oxygen atoms in total. The summed E-state index contributed by atoms with van der Waals surface area (Å²) in [4.78, 5) is 35.5. The number of amides is 2. The van der Waals surface area contributed by atoms with Crippen LogP contribution in [-0.4, -0.2) is 42.9 Å². The topological polar surface area (TPSA) is 75.7 Å². The van der Waals surface area contributed by atoms with Gasteiger partial charge in [-0.15, -0.1) is 0 Å². The number of ether oxygens (including phenoxy) is 1. The van der Waals surface area contributed by atoms with Crippen LogP contribution in [0.15, 0.2) is 24.3 Å². The molecule has 0 aliphatic carbocycles. The average molecular weight is 262 g/mol. The molecule has 0 unspecified atom stereocenters. The first-order valence-electron chi connectivity index (χ1n) is 5.81. The molecule has 1 heterocycles. The summed E-state index contributed by atoms with van der Waals surface area (Å²) in [5, 5.41) is 2.25. The van der Waals surface area contributed by atoms with Gasteiger partial charge in [0, 0.05) is 6.54 Å². The second-order valence-electron chi connectivity index (χ2n) is 4.31. The number of carbonyl (C=O) groups excluding carboxylic acids is 3. The second-order valence-corrected chi connectivity index (χ2v) is 4.31. The van der Waals surface area contributed by atoms with Gasteiger partial charge in [0.2, 0.25) is 11.8 Å². The van der Waals surface area contributed by atoms with Crippen molar-refractivity contribution >= 4 is 17.8 Å². The van der Waals surface area contributed by atoms with Crippen molar-refractivity contribution in [2.45, 2.75) is 6.54 Å². The summed E-state index contributed by atoms with van der Waals surface area (Å²) in [5.74, 6) is -0.969. The van der Waals surface area contributed by atoms with Crippen LogP contribution in [0.5, 0.6) is 0 Å². The van der Waals surface area contributed by atoms with Crippen molar-refractivity contribution in [3.8, 4) is 0 Å². The molecule has 19 heavy (non-hydrogen) atoms. The van der Waals surface area contributed by atoms with Gasteiger partial charge in [0.1, 0.15) is 0 Å². The molecule has 0 bridgehead atoms. The van der Waals surface area contributed by atoms with Gasteiger partial charge < -0.3 is 4.74 Å². The van der Waals surface area contributed by atoms with Crippen LogP contribution < -0.4 is 5.32 Å². The number of methoxy groups -OCH3 is 1. The largest absolute Gasteiger partial charge is 0.465 e. The van der Waals surface area contributed by atoms with Crippen LogP contribution in [-0.2, 0) is 20.9 Å². The number of imide groups is 1. The molecule has 2 amide bonds. The maximum absolute atomic E-state index is 11.3. The number of hydrogen-bond acceptors (Lipinski definition) is 5. The molecule has 1 aliphatic heterocycles. The van der Waals surface area contributed by atoms with Crippen LogP contribution >= 0.6 is 0 Å². The Labute approximate surface area is 110 Å². The van der Waals surface area contributed by atoms with E-state index in [1.165, 1.54) is 7.11 Å². The predicted octanol–water partition coefficient (Wildman–Crippen LogP) is -0.0684. The zero-order valence-electron chi connectivity index (χ0n) is 10.5. The Morgan fingerprint density at radius 1 is 1.21 bits per heavy atom. The summed E-state index contributed by atoms with van der Waals surface area (Å²) in [6, 6.07) is 6.88. The molecular formula is C13H14N2O4. The van der Waals surface area contributed by atoms with Crippen LogP contribution in [0.3, 0.4) is 0 Å². The molecule has 0 atom stereocenters. The van der Waals surface area contributed by atoms with Gasteiger partial charge in [-0.1, -0.05) is 12.1 Å². The Kier molecular flexibility index (Phi) is 3.91. The van der Waals surface area contributed by atoms with Crippen molar-refractivity contribution in [1.82, 2.24) is 10.2 Å². The van der Waals surface area contributed by atoms with E-state index in [2.05, 4.69) is 10.1 Å². The zero-order chi connectivity index (χ0) is 13.8. The Morgan fingerprint density at radius 3 is 2.32 bits per heavy atom. The monoisotopic (exact) mass is 262 g/mol. The summed E-state index contributed by atoms with van der Waals surface area (Å²) in [6.45, 7) is 0.885. The number of benzene rings is 1. The van der Waals surface area contributed by atoms with E-state index in [-0.39, 0.29) is 30.9 Å². The van der Waals surface area contributed by atoms with Gasteiger partial charge in [-0.05, 0) is 17.7 Å². The van der Waals surface area contributed by atoms with Gasteiger partial charge in [-0.3, -0.25) is 19.8 Å². The van der Waals surface area contributed by atoms with E-state index in [4.69, 9.17) is 0 Å². The van der Waals surface area contributed by atoms with Gasteiger partial charge in [0.15, 0.2) is 0 Å². The third-order valence-electron chi connectivity index (χ3n) is 2.79. The molecule has 1 aliphatic rings. The summed E-state index contributed by atoms with van der Waals surface area (Å²) in [5.41, 5.74) is 1.40. The number of carbonyl (C=O) groups is 3. The minimum atomic E-state index is -0.390. The van der Waals surface area contributed by atoms with Crippen molar-refractivity contribution in [3.05, 3.63) is 35.4 Å². The smallest absolute Gasteiger partial charge is 0.337 e. The van der Waals surface area contributed by atoms with Crippen LogP contribution in [0.2, 0.25) is 0 Å². The molecule has 1 saturated heterocycles. The highest BCUT2D eigenvalue weighted by Crippen LogP contribution is 2.09. The van der Waals surface area contributed by atoms with Gasteiger partial charge in [-0.2, -0.15) is 0 Å². The fourth-order valence-corrected chi connectivity index (χ4v) is 1.93. The third kappa shape index (κ3) is 3.38. The van der Waals surface area contributed by atoms with E-state index in [1.54, 1.807) is 29.2 Å². The molecule has 1 fully saturated rings. The average Bonchev–Trinajstić information content (AvgIpc) is 2.37. The van der Waals surface area contributed by atoms with Crippen molar-refractivity contribution in [2.75, 3.05) is 20.2 Å². The molecule has 6 heteroatoms. The van der Waals surface area contributed by atoms with E-state index in [9.17, 15) is 14.4 Å². The van der Waals surface area contributed by atoms with Crippen molar-refractivity contribution in [2.24, 2.45) is 0 Å². The lowest BCUT2D eigenvalue weighted by molar-refractivity contribution is -0.136. The van der Waals surface area contributed by atoms with E-state index >= 15 is 0 Å². The normalized spacial score (nSPS) is 16.1. The molecule has 1 aromatic carbocycles. The van der Waals surface area contributed by atoms with Gasteiger partial charge in [-0.25, -0.2) is 4.79 Å². The number of nitrogens with one attached hydrogen (secondary N) is 1. The van der Waals surface area contributed by atoms with Gasteiger partial charge in [0.05, 0.1) is 25.8 Å². The van der Waals surface area contributed by atoms with Crippen LogP contribution in [0.25, 0.3) is 0 Å².